The van der Waals surface area contributed by atoms with Crippen LogP contribution in [0.25, 0.3) is 11.2 Å². The van der Waals surface area contributed by atoms with Gasteiger partial charge in [0.1, 0.15) is 24.4 Å². The highest BCUT2D eigenvalue weighted by Gasteiger charge is 2.44. The molecule has 0 saturated carbocycles. The standard InChI is InChI=1S/C21H24FN5O4/c22-13-4-1-12(2-5-13)3-6-15-17(28)18(29)21(31-15)27-11-25-16-19(23-10-24-20(16)27)26-14-7-8-30-9-14/h1-2,4-5,10-11,14-15,17-18,21,28-29H,3,6-9H2,(H,23,24,26). The van der Waals surface area contributed by atoms with Gasteiger partial charge in [0.15, 0.2) is 23.2 Å². The minimum atomic E-state index is -1.13. The van der Waals surface area contributed by atoms with E-state index >= 15 is 0 Å². The number of anilines is 1. The molecule has 0 amide bonds. The van der Waals surface area contributed by atoms with Crippen LogP contribution in [-0.2, 0) is 15.9 Å². The predicted molar refractivity (Wildman–Crippen MR) is 109 cm³/mol. The maximum absolute atomic E-state index is 13.1. The number of hydrogen-bond acceptors (Lipinski definition) is 8. The Morgan fingerprint density at radius 3 is 2.74 bits per heavy atom. The first-order valence-corrected chi connectivity index (χ1v) is 10.4. The number of nitrogens with one attached hydrogen (secondary N) is 1. The minimum absolute atomic E-state index is 0.161. The fourth-order valence-electron chi connectivity index (χ4n) is 4.14. The van der Waals surface area contributed by atoms with Crippen molar-refractivity contribution in [3.8, 4) is 0 Å². The van der Waals surface area contributed by atoms with E-state index in [0.29, 0.717) is 43.0 Å². The van der Waals surface area contributed by atoms with E-state index in [0.717, 1.165) is 12.0 Å². The predicted octanol–water partition coefficient (Wildman–Crippen LogP) is 1.42. The summed E-state index contributed by atoms with van der Waals surface area (Å²) in [7, 11) is 0. The summed E-state index contributed by atoms with van der Waals surface area (Å²) in [5.74, 6) is 0.305. The minimum Gasteiger partial charge on any atom is -0.388 e. The number of benzene rings is 1. The van der Waals surface area contributed by atoms with Crippen molar-refractivity contribution in [2.24, 2.45) is 0 Å². The number of aliphatic hydroxyl groups excluding tert-OH is 2. The fourth-order valence-corrected chi connectivity index (χ4v) is 4.14. The molecule has 2 aromatic heterocycles. The van der Waals surface area contributed by atoms with Crippen molar-refractivity contribution in [3.63, 3.8) is 0 Å². The second-order valence-electron chi connectivity index (χ2n) is 7.96. The van der Waals surface area contributed by atoms with E-state index in [1.807, 2.05) is 0 Å². The third kappa shape index (κ3) is 3.99. The Balaban J connectivity index is 1.33. The molecule has 1 aromatic carbocycles. The summed E-state index contributed by atoms with van der Waals surface area (Å²) < 4.78 is 26.1. The second-order valence-corrected chi connectivity index (χ2v) is 7.96. The molecule has 2 aliphatic rings. The van der Waals surface area contributed by atoms with Gasteiger partial charge in [-0.25, -0.2) is 19.3 Å². The van der Waals surface area contributed by atoms with Gasteiger partial charge in [0, 0.05) is 6.61 Å². The molecule has 0 spiro atoms. The zero-order valence-electron chi connectivity index (χ0n) is 16.8. The molecule has 4 heterocycles. The van der Waals surface area contributed by atoms with Gasteiger partial charge < -0.3 is 25.0 Å². The highest BCUT2D eigenvalue weighted by molar-refractivity contribution is 5.82. The Morgan fingerprint density at radius 2 is 1.97 bits per heavy atom. The van der Waals surface area contributed by atoms with Gasteiger partial charge in [0.05, 0.1) is 25.1 Å². The van der Waals surface area contributed by atoms with E-state index in [4.69, 9.17) is 9.47 Å². The lowest BCUT2D eigenvalue weighted by Gasteiger charge is -2.17. The molecule has 2 saturated heterocycles. The number of nitrogens with zero attached hydrogens (tertiary/aromatic N) is 4. The van der Waals surface area contributed by atoms with Crippen LogP contribution in [0, 0.1) is 5.82 Å². The van der Waals surface area contributed by atoms with E-state index < -0.39 is 24.5 Å². The van der Waals surface area contributed by atoms with Crippen LogP contribution < -0.4 is 5.32 Å². The largest absolute Gasteiger partial charge is 0.388 e. The first kappa shape index (κ1) is 20.3. The van der Waals surface area contributed by atoms with Crippen LogP contribution in [0.2, 0.25) is 0 Å². The van der Waals surface area contributed by atoms with Gasteiger partial charge in [0.25, 0.3) is 0 Å². The van der Waals surface area contributed by atoms with Gasteiger partial charge in [-0.1, -0.05) is 12.1 Å². The molecule has 5 unspecified atom stereocenters. The molecule has 5 rings (SSSR count). The third-order valence-electron chi connectivity index (χ3n) is 5.87. The van der Waals surface area contributed by atoms with Crippen LogP contribution in [0.4, 0.5) is 10.2 Å². The summed E-state index contributed by atoms with van der Waals surface area (Å²) in [4.78, 5) is 13.0. The quantitative estimate of drug-likeness (QED) is 0.539. The zero-order valence-corrected chi connectivity index (χ0v) is 16.8. The number of halogens is 1. The number of rotatable bonds is 6. The lowest BCUT2D eigenvalue weighted by atomic mass is 10.0. The molecular weight excluding hydrogens is 405 g/mol. The van der Waals surface area contributed by atoms with E-state index in [2.05, 4.69) is 20.3 Å². The zero-order chi connectivity index (χ0) is 21.4. The maximum atomic E-state index is 13.1. The number of aliphatic hydroxyl groups is 2. The summed E-state index contributed by atoms with van der Waals surface area (Å²) in [5, 5.41) is 24.5. The molecule has 10 heteroatoms. The van der Waals surface area contributed by atoms with Gasteiger partial charge in [-0.3, -0.25) is 4.57 Å². The Bertz CT molecular complexity index is 1040. The van der Waals surface area contributed by atoms with E-state index in [9.17, 15) is 14.6 Å². The van der Waals surface area contributed by atoms with Gasteiger partial charge >= 0.3 is 0 Å². The van der Waals surface area contributed by atoms with Crippen molar-refractivity contribution in [1.29, 1.82) is 0 Å². The normalized spacial score (nSPS) is 28.4. The van der Waals surface area contributed by atoms with Crippen molar-refractivity contribution < 1.29 is 24.1 Å². The Labute approximate surface area is 177 Å². The number of imidazole rings is 1. The van der Waals surface area contributed by atoms with Crippen molar-refractivity contribution >= 4 is 17.0 Å². The summed E-state index contributed by atoms with van der Waals surface area (Å²) in [6, 6.07) is 6.37. The number of hydrogen-bond donors (Lipinski definition) is 3. The summed E-state index contributed by atoms with van der Waals surface area (Å²) in [6.07, 6.45) is 1.35. The van der Waals surface area contributed by atoms with Crippen LogP contribution in [0.3, 0.4) is 0 Å². The SMILES string of the molecule is OC1C(CCc2ccc(F)cc2)OC(n2cnc3c(NC4CCOC4)ncnc32)C1O. The lowest BCUT2D eigenvalue weighted by molar-refractivity contribution is -0.0367. The number of aryl methyl sites for hydroxylation is 1. The molecule has 3 N–H and O–H groups in total. The molecule has 0 radical (unpaired) electrons. The number of aromatic nitrogens is 4. The smallest absolute Gasteiger partial charge is 0.167 e. The second kappa shape index (κ2) is 8.46. The van der Waals surface area contributed by atoms with Crippen LogP contribution in [0.1, 0.15) is 24.6 Å². The van der Waals surface area contributed by atoms with Gasteiger partial charge in [0.2, 0.25) is 0 Å². The molecule has 9 nitrogen and oxygen atoms in total. The van der Waals surface area contributed by atoms with Crippen molar-refractivity contribution in [2.75, 3.05) is 18.5 Å². The van der Waals surface area contributed by atoms with Gasteiger partial charge in [-0.2, -0.15) is 0 Å². The third-order valence-corrected chi connectivity index (χ3v) is 5.87. The van der Waals surface area contributed by atoms with Crippen molar-refractivity contribution in [2.45, 2.75) is 49.8 Å². The summed E-state index contributed by atoms with van der Waals surface area (Å²) in [5.41, 5.74) is 2.00. The molecule has 3 aromatic rings. The highest BCUT2D eigenvalue weighted by Crippen LogP contribution is 2.34. The van der Waals surface area contributed by atoms with E-state index in [1.54, 1.807) is 23.0 Å². The highest BCUT2D eigenvalue weighted by atomic mass is 19.1. The van der Waals surface area contributed by atoms with E-state index in [1.165, 1.54) is 18.5 Å². The molecule has 5 atom stereocenters. The molecule has 31 heavy (non-hydrogen) atoms. The van der Waals surface area contributed by atoms with Crippen molar-refractivity contribution in [3.05, 3.63) is 48.3 Å². The van der Waals surface area contributed by atoms with Crippen molar-refractivity contribution in [1.82, 2.24) is 19.5 Å². The fraction of sp³-hybridized carbons (Fsp3) is 0.476. The van der Waals surface area contributed by atoms with Crippen LogP contribution in [0.15, 0.2) is 36.9 Å². The van der Waals surface area contributed by atoms with Gasteiger partial charge in [-0.15, -0.1) is 0 Å². The van der Waals surface area contributed by atoms with Crippen LogP contribution in [0.5, 0.6) is 0 Å². The van der Waals surface area contributed by atoms with Crippen LogP contribution >= 0.6 is 0 Å². The molecule has 164 valence electrons. The average Bonchev–Trinajstić information content (AvgIpc) is 3.50. The van der Waals surface area contributed by atoms with E-state index in [-0.39, 0.29) is 11.9 Å². The first-order chi connectivity index (χ1) is 15.1. The molecule has 2 aliphatic heterocycles. The number of fused-ring (bicyclic) bond motifs is 1. The molecule has 2 fully saturated rings. The topological polar surface area (TPSA) is 115 Å². The Morgan fingerprint density at radius 1 is 1.13 bits per heavy atom. The van der Waals surface area contributed by atoms with Crippen LogP contribution in [-0.4, -0.2) is 67.3 Å². The average molecular weight is 429 g/mol. The lowest BCUT2D eigenvalue weighted by Crippen LogP contribution is -2.31. The van der Waals surface area contributed by atoms with Gasteiger partial charge in [-0.05, 0) is 37.0 Å². The molecule has 0 bridgehead atoms. The maximum Gasteiger partial charge on any atom is 0.167 e. The monoisotopic (exact) mass is 429 g/mol. The Hall–Kier alpha value is -2.66. The number of ether oxygens (including phenoxy) is 2. The molecule has 0 aliphatic carbocycles. The summed E-state index contributed by atoms with van der Waals surface area (Å²) in [6.45, 7) is 1.32. The summed E-state index contributed by atoms with van der Waals surface area (Å²) >= 11 is 0. The first-order valence-electron chi connectivity index (χ1n) is 10.4. The Kier molecular flexibility index (Phi) is 5.53. The molecular formula is C21H24FN5O4.